The summed E-state index contributed by atoms with van der Waals surface area (Å²) in [6.45, 7) is 11.1. The molecule has 1 aromatic heterocycles. The number of amides is 1. The van der Waals surface area contributed by atoms with Crippen molar-refractivity contribution < 1.29 is 9.18 Å². The number of hydrogen-bond donors (Lipinski definition) is 3. The molecular formula is C27H40FN7O. The van der Waals surface area contributed by atoms with Gasteiger partial charge < -0.3 is 25.8 Å². The van der Waals surface area contributed by atoms with Crippen LogP contribution in [0.2, 0.25) is 0 Å². The third-order valence-corrected chi connectivity index (χ3v) is 7.54. The maximum atomic E-state index is 14.6. The van der Waals surface area contributed by atoms with Gasteiger partial charge in [0.15, 0.2) is 11.6 Å². The van der Waals surface area contributed by atoms with Crippen molar-refractivity contribution in [2.75, 3.05) is 55.3 Å². The van der Waals surface area contributed by atoms with Gasteiger partial charge in [-0.1, -0.05) is 26.7 Å². The van der Waals surface area contributed by atoms with Gasteiger partial charge in [0.1, 0.15) is 0 Å². The van der Waals surface area contributed by atoms with Crippen LogP contribution in [-0.2, 0) is 4.79 Å². The Labute approximate surface area is 214 Å². The second-order valence-corrected chi connectivity index (χ2v) is 10.4. The fourth-order valence-corrected chi connectivity index (χ4v) is 4.97. The van der Waals surface area contributed by atoms with E-state index in [9.17, 15) is 9.18 Å². The number of anilines is 4. The highest BCUT2D eigenvalue weighted by atomic mass is 19.1. The van der Waals surface area contributed by atoms with Gasteiger partial charge in [-0.25, -0.2) is 9.37 Å². The zero-order valence-corrected chi connectivity index (χ0v) is 22.0. The van der Waals surface area contributed by atoms with Crippen LogP contribution in [-0.4, -0.2) is 66.6 Å². The first-order chi connectivity index (χ1) is 17.3. The van der Waals surface area contributed by atoms with Crippen molar-refractivity contribution in [2.24, 2.45) is 11.8 Å². The predicted molar refractivity (Wildman–Crippen MR) is 143 cm³/mol. The van der Waals surface area contributed by atoms with Crippen LogP contribution in [0.3, 0.4) is 0 Å². The van der Waals surface area contributed by atoms with E-state index in [1.807, 2.05) is 6.07 Å². The van der Waals surface area contributed by atoms with Crippen LogP contribution in [0.25, 0.3) is 0 Å². The summed E-state index contributed by atoms with van der Waals surface area (Å²) in [5.41, 5.74) is 3.25. The summed E-state index contributed by atoms with van der Waals surface area (Å²) >= 11 is 0. The lowest BCUT2D eigenvalue weighted by atomic mass is 10.0. The van der Waals surface area contributed by atoms with E-state index in [0.717, 1.165) is 57.5 Å². The summed E-state index contributed by atoms with van der Waals surface area (Å²) in [4.78, 5) is 26.0. The molecule has 0 radical (unpaired) electrons. The van der Waals surface area contributed by atoms with E-state index in [4.69, 9.17) is 0 Å². The van der Waals surface area contributed by atoms with E-state index in [0.29, 0.717) is 18.4 Å². The van der Waals surface area contributed by atoms with Crippen molar-refractivity contribution in [3.8, 4) is 0 Å². The lowest BCUT2D eigenvalue weighted by Crippen LogP contribution is -2.44. The van der Waals surface area contributed by atoms with E-state index >= 15 is 0 Å². The Kier molecular flexibility index (Phi) is 8.61. The maximum absolute atomic E-state index is 14.6. The number of likely N-dealkylation sites (N-methyl/N-ethyl adjacent to an activating group) is 1. The molecular weight excluding hydrogens is 457 g/mol. The Bertz CT molecular complexity index is 1040. The third kappa shape index (κ3) is 6.43. The van der Waals surface area contributed by atoms with Gasteiger partial charge in [-0.3, -0.25) is 4.79 Å². The Morgan fingerprint density at radius 1 is 1.22 bits per heavy atom. The normalized spacial score (nSPS) is 21.3. The lowest BCUT2D eigenvalue weighted by molar-refractivity contribution is -0.125. The quantitative estimate of drug-likeness (QED) is 0.480. The number of piperazine rings is 1. The molecule has 36 heavy (non-hydrogen) atoms. The molecule has 9 heteroatoms. The van der Waals surface area contributed by atoms with Crippen LogP contribution >= 0.6 is 0 Å². The van der Waals surface area contributed by atoms with Gasteiger partial charge in [0, 0.05) is 50.1 Å². The number of carbonyl (C=O) groups is 1. The maximum Gasteiger partial charge on any atom is 0.229 e. The lowest BCUT2D eigenvalue weighted by Gasteiger charge is -2.35. The third-order valence-electron chi connectivity index (χ3n) is 7.54. The average Bonchev–Trinajstić information content (AvgIpc) is 3.33. The number of halogens is 1. The minimum Gasteiger partial charge on any atom is -0.369 e. The molecule has 1 aliphatic heterocycles. The Morgan fingerprint density at radius 2 is 2.00 bits per heavy atom. The minimum atomic E-state index is -0.521. The monoisotopic (exact) mass is 497 g/mol. The summed E-state index contributed by atoms with van der Waals surface area (Å²) in [6, 6.07) is 6.05. The number of aromatic nitrogens is 2. The van der Waals surface area contributed by atoms with Crippen molar-refractivity contribution in [3.63, 3.8) is 0 Å². The average molecular weight is 498 g/mol. The van der Waals surface area contributed by atoms with Gasteiger partial charge in [0.2, 0.25) is 11.9 Å². The molecule has 0 bridgehead atoms. The van der Waals surface area contributed by atoms with Gasteiger partial charge >= 0.3 is 0 Å². The molecule has 1 saturated heterocycles. The largest absolute Gasteiger partial charge is 0.369 e. The smallest absolute Gasteiger partial charge is 0.229 e. The highest BCUT2D eigenvalue weighted by Crippen LogP contribution is 2.30. The molecule has 3 unspecified atom stereocenters. The summed E-state index contributed by atoms with van der Waals surface area (Å²) in [5, 5.41) is 9.47. The molecule has 1 aliphatic carbocycles. The fraction of sp³-hybridized carbons (Fsp3) is 0.593. The number of rotatable bonds is 9. The Morgan fingerprint density at radius 3 is 2.72 bits per heavy atom. The fourth-order valence-electron chi connectivity index (χ4n) is 4.97. The molecule has 2 aromatic rings. The van der Waals surface area contributed by atoms with E-state index in [1.54, 1.807) is 0 Å². The van der Waals surface area contributed by atoms with E-state index in [-0.39, 0.29) is 23.7 Å². The van der Waals surface area contributed by atoms with Crippen LogP contribution in [0, 0.1) is 24.6 Å². The van der Waals surface area contributed by atoms with Gasteiger partial charge in [0.25, 0.3) is 0 Å². The van der Waals surface area contributed by atoms with Crippen molar-refractivity contribution in [1.29, 1.82) is 0 Å². The summed E-state index contributed by atoms with van der Waals surface area (Å²) in [6.07, 6.45) is 4.72. The topological polar surface area (TPSA) is 85.4 Å². The molecule has 1 saturated carbocycles. The number of hydrogen-bond acceptors (Lipinski definition) is 7. The molecule has 8 nitrogen and oxygen atoms in total. The van der Waals surface area contributed by atoms with Crippen LogP contribution in [0.4, 0.5) is 27.5 Å². The first kappa shape index (κ1) is 26.1. The molecule has 1 aromatic carbocycles. The molecule has 4 rings (SSSR count). The van der Waals surface area contributed by atoms with Gasteiger partial charge in [0.05, 0.1) is 12.1 Å². The zero-order chi connectivity index (χ0) is 25.7. The van der Waals surface area contributed by atoms with Gasteiger partial charge in [-0.05, 0) is 56.5 Å². The van der Waals surface area contributed by atoms with E-state index < -0.39 is 5.82 Å². The molecule has 0 spiro atoms. The second kappa shape index (κ2) is 11.9. The highest BCUT2D eigenvalue weighted by Gasteiger charge is 2.33. The standard InChI is InChI=1S/C27H40FN7O/c1-5-18(2)16-29-26(36)21-7-6-8-23(21)32-25-22(28)17-30-27(33-25)31-20-9-10-24(19(3)15-20)35-13-11-34(4)12-14-35/h9-10,15,17-18,21,23H,5-8,11-14,16H2,1-4H3,(H,29,36)(H2,30,31,32,33). The van der Waals surface area contributed by atoms with E-state index in [2.05, 4.69) is 75.7 Å². The summed E-state index contributed by atoms with van der Waals surface area (Å²) < 4.78 is 14.6. The molecule has 2 fully saturated rings. The highest BCUT2D eigenvalue weighted by molar-refractivity contribution is 5.80. The number of nitrogens with zero attached hydrogens (tertiary/aromatic N) is 4. The minimum absolute atomic E-state index is 0.0361. The summed E-state index contributed by atoms with van der Waals surface area (Å²) in [5.74, 6) is 0.215. The molecule has 3 N–H and O–H groups in total. The number of benzene rings is 1. The van der Waals surface area contributed by atoms with Crippen molar-refractivity contribution in [1.82, 2.24) is 20.2 Å². The van der Waals surface area contributed by atoms with Crippen molar-refractivity contribution in [3.05, 3.63) is 35.8 Å². The Hall–Kier alpha value is -2.94. The van der Waals surface area contributed by atoms with Crippen LogP contribution in [0.5, 0.6) is 0 Å². The van der Waals surface area contributed by atoms with Crippen molar-refractivity contribution in [2.45, 2.75) is 52.5 Å². The zero-order valence-electron chi connectivity index (χ0n) is 22.0. The number of aryl methyl sites for hydroxylation is 1. The molecule has 3 atom stereocenters. The van der Waals surface area contributed by atoms with Gasteiger partial charge in [-0.15, -0.1) is 0 Å². The number of carbonyl (C=O) groups excluding carboxylic acids is 1. The second-order valence-electron chi connectivity index (χ2n) is 10.4. The molecule has 2 aliphatic rings. The molecule has 196 valence electrons. The molecule has 1 amide bonds. The Balaban J connectivity index is 1.41. The van der Waals surface area contributed by atoms with Gasteiger partial charge in [-0.2, -0.15) is 4.98 Å². The predicted octanol–water partition coefficient (Wildman–Crippen LogP) is 4.16. The number of nitrogens with one attached hydrogen (secondary N) is 3. The van der Waals surface area contributed by atoms with Crippen LogP contribution in [0.15, 0.2) is 24.4 Å². The first-order valence-electron chi connectivity index (χ1n) is 13.2. The van der Waals surface area contributed by atoms with Crippen LogP contribution < -0.4 is 20.9 Å². The first-order valence-corrected chi connectivity index (χ1v) is 13.2. The van der Waals surface area contributed by atoms with Crippen LogP contribution in [0.1, 0.15) is 45.1 Å². The summed E-state index contributed by atoms with van der Waals surface area (Å²) in [7, 11) is 2.15. The van der Waals surface area contributed by atoms with E-state index in [1.165, 1.54) is 17.4 Å². The van der Waals surface area contributed by atoms with Crippen molar-refractivity contribution >= 4 is 29.0 Å². The SMILES string of the molecule is CCC(C)CNC(=O)C1CCCC1Nc1nc(Nc2ccc(N3CCN(C)CC3)c(C)c2)ncc1F. The molecule has 2 heterocycles.